The Hall–Kier alpha value is -2.31. The highest BCUT2D eigenvalue weighted by atomic mass is 19.4. The van der Waals surface area contributed by atoms with E-state index in [2.05, 4.69) is 15.0 Å². The maximum absolute atomic E-state index is 12.6. The van der Waals surface area contributed by atoms with Crippen molar-refractivity contribution in [3.8, 4) is 5.75 Å². The van der Waals surface area contributed by atoms with Crippen LogP contribution in [0, 0.1) is 5.95 Å². The van der Waals surface area contributed by atoms with Crippen LogP contribution in [0.25, 0.3) is 0 Å². The molecule has 2 rings (SSSR count). The summed E-state index contributed by atoms with van der Waals surface area (Å²) in [5.41, 5.74) is 1.16. The third-order valence-corrected chi connectivity index (χ3v) is 2.36. The summed E-state index contributed by atoms with van der Waals surface area (Å²) in [7, 11) is 0. The molecule has 7 heteroatoms. The van der Waals surface area contributed by atoms with Gasteiger partial charge >= 0.3 is 6.36 Å². The molecule has 106 valence electrons. The number of rotatable bonds is 4. The van der Waals surface area contributed by atoms with Gasteiger partial charge in [-0.15, -0.1) is 13.2 Å². The first-order valence-electron chi connectivity index (χ1n) is 5.62. The van der Waals surface area contributed by atoms with E-state index < -0.39 is 12.3 Å². The number of hydrogen-bond acceptors (Lipinski definition) is 3. The first kappa shape index (κ1) is 14.1. The van der Waals surface area contributed by atoms with Crippen LogP contribution in [0.3, 0.4) is 0 Å². The molecule has 0 saturated heterocycles. The number of nitrogens with zero attached hydrogens (tertiary/aromatic N) is 1. The van der Waals surface area contributed by atoms with E-state index in [1.165, 1.54) is 36.5 Å². The molecule has 1 heterocycles. The van der Waals surface area contributed by atoms with Gasteiger partial charge in [-0.1, -0.05) is 12.1 Å². The molecular formula is C13H10F4N2O. The highest BCUT2D eigenvalue weighted by Gasteiger charge is 2.31. The second kappa shape index (κ2) is 5.77. The van der Waals surface area contributed by atoms with Crippen LogP contribution >= 0.6 is 0 Å². The lowest BCUT2D eigenvalue weighted by Crippen LogP contribution is -2.17. The number of nitrogens with one attached hydrogen (secondary N) is 1. The van der Waals surface area contributed by atoms with Crippen LogP contribution in [0.2, 0.25) is 0 Å². The molecule has 3 nitrogen and oxygen atoms in total. The van der Waals surface area contributed by atoms with Crippen LogP contribution in [0.15, 0.2) is 42.6 Å². The summed E-state index contributed by atoms with van der Waals surface area (Å²) in [5, 5.41) is 2.91. The number of alkyl halides is 3. The SMILES string of the molecule is Fc1ccc(NCc2cccc(OC(F)(F)F)c2)cn1. The third-order valence-electron chi connectivity index (χ3n) is 2.36. The first-order valence-corrected chi connectivity index (χ1v) is 5.62. The van der Waals surface area contributed by atoms with E-state index >= 15 is 0 Å². The molecule has 20 heavy (non-hydrogen) atoms. The Bertz CT molecular complexity index is 569. The molecule has 0 radical (unpaired) electrons. The zero-order valence-corrected chi connectivity index (χ0v) is 10.1. The zero-order valence-electron chi connectivity index (χ0n) is 10.1. The van der Waals surface area contributed by atoms with Crippen molar-refractivity contribution in [2.45, 2.75) is 12.9 Å². The highest BCUT2D eigenvalue weighted by Crippen LogP contribution is 2.23. The van der Waals surface area contributed by atoms with Crippen LogP contribution in [0.5, 0.6) is 5.75 Å². The fraction of sp³-hybridized carbons (Fsp3) is 0.154. The van der Waals surface area contributed by atoms with Crippen molar-refractivity contribution >= 4 is 5.69 Å². The number of pyridine rings is 1. The summed E-state index contributed by atoms with van der Waals surface area (Å²) in [6, 6.07) is 8.27. The van der Waals surface area contributed by atoms with Crippen molar-refractivity contribution in [2.75, 3.05) is 5.32 Å². The molecule has 0 fully saturated rings. The second-order valence-electron chi connectivity index (χ2n) is 3.92. The fourth-order valence-electron chi connectivity index (χ4n) is 1.54. The minimum absolute atomic E-state index is 0.266. The largest absolute Gasteiger partial charge is 0.573 e. The minimum atomic E-state index is -4.72. The van der Waals surface area contributed by atoms with Gasteiger partial charge in [-0.25, -0.2) is 4.98 Å². The predicted octanol–water partition coefficient (Wildman–Crippen LogP) is 3.73. The maximum Gasteiger partial charge on any atom is 0.573 e. The monoisotopic (exact) mass is 286 g/mol. The summed E-state index contributed by atoms with van der Waals surface area (Å²) in [5.74, 6) is -0.884. The maximum atomic E-state index is 12.6. The lowest BCUT2D eigenvalue weighted by atomic mass is 10.2. The summed E-state index contributed by atoms with van der Waals surface area (Å²) >= 11 is 0. The predicted molar refractivity (Wildman–Crippen MR) is 64.6 cm³/mol. The Labute approximate surface area is 112 Å². The van der Waals surface area contributed by atoms with Gasteiger partial charge in [-0.05, 0) is 29.8 Å². The Balaban J connectivity index is 1.99. The third kappa shape index (κ3) is 4.42. The Morgan fingerprint density at radius 3 is 2.60 bits per heavy atom. The quantitative estimate of drug-likeness (QED) is 0.687. The molecule has 0 spiro atoms. The van der Waals surface area contributed by atoms with Gasteiger partial charge in [0.05, 0.1) is 11.9 Å². The molecular weight excluding hydrogens is 276 g/mol. The average Bonchev–Trinajstić information content (AvgIpc) is 2.36. The lowest BCUT2D eigenvalue weighted by molar-refractivity contribution is -0.274. The number of ether oxygens (including phenoxy) is 1. The molecule has 0 unspecified atom stereocenters. The van der Waals surface area contributed by atoms with E-state index in [-0.39, 0.29) is 12.3 Å². The van der Waals surface area contributed by atoms with Gasteiger partial charge in [-0.3, -0.25) is 0 Å². The van der Waals surface area contributed by atoms with E-state index in [4.69, 9.17) is 0 Å². The van der Waals surface area contributed by atoms with Crippen molar-refractivity contribution in [2.24, 2.45) is 0 Å². The van der Waals surface area contributed by atoms with Crippen LogP contribution in [0.1, 0.15) is 5.56 Å². The standard InChI is InChI=1S/C13H10F4N2O/c14-12-5-4-10(8-19-12)18-7-9-2-1-3-11(6-9)20-13(15,16)17/h1-6,8,18H,7H2. The van der Waals surface area contributed by atoms with Crippen molar-refractivity contribution < 1.29 is 22.3 Å². The molecule has 0 aliphatic rings. The lowest BCUT2D eigenvalue weighted by Gasteiger charge is -2.11. The number of anilines is 1. The molecule has 0 aliphatic heterocycles. The highest BCUT2D eigenvalue weighted by molar-refractivity contribution is 5.41. The number of halogens is 4. The van der Waals surface area contributed by atoms with Gasteiger partial charge in [0.25, 0.3) is 0 Å². The molecule has 0 aliphatic carbocycles. The Kier molecular flexibility index (Phi) is 4.07. The zero-order chi connectivity index (χ0) is 14.6. The van der Waals surface area contributed by atoms with Crippen molar-refractivity contribution in [3.63, 3.8) is 0 Å². The van der Waals surface area contributed by atoms with Crippen molar-refractivity contribution in [1.29, 1.82) is 0 Å². The van der Waals surface area contributed by atoms with Gasteiger partial charge < -0.3 is 10.1 Å². The van der Waals surface area contributed by atoms with E-state index in [1.807, 2.05) is 0 Å². The smallest absolute Gasteiger partial charge is 0.406 e. The Morgan fingerprint density at radius 1 is 1.15 bits per heavy atom. The normalized spacial score (nSPS) is 11.2. The van der Waals surface area contributed by atoms with E-state index in [9.17, 15) is 17.6 Å². The Morgan fingerprint density at radius 2 is 1.95 bits per heavy atom. The fourth-order valence-corrected chi connectivity index (χ4v) is 1.54. The molecule has 2 aromatic rings. The van der Waals surface area contributed by atoms with Gasteiger partial charge in [0.2, 0.25) is 5.95 Å². The van der Waals surface area contributed by atoms with Crippen LogP contribution < -0.4 is 10.1 Å². The minimum Gasteiger partial charge on any atom is -0.406 e. The van der Waals surface area contributed by atoms with Crippen LogP contribution in [-0.2, 0) is 6.54 Å². The summed E-state index contributed by atoms with van der Waals surface area (Å²) < 4.78 is 52.7. The molecule has 0 atom stereocenters. The van der Waals surface area contributed by atoms with Gasteiger partial charge in [0, 0.05) is 6.54 Å². The van der Waals surface area contributed by atoms with Gasteiger partial charge in [-0.2, -0.15) is 4.39 Å². The van der Waals surface area contributed by atoms with E-state index in [0.29, 0.717) is 11.3 Å². The van der Waals surface area contributed by atoms with E-state index in [0.717, 1.165) is 0 Å². The average molecular weight is 286 g/mol. The summed E-state index contributed by atoms with van der Waals surface area (Å²) in [4.78, 5) is 3.45. The van der Waals surface area contributed by atoms with Crippen molar-refractivity contribution in [1.82, 2.24) is 4.98 Å². The van der Waals surface area contributed by atoms with Gasteiger partial charge in [0.15, 0.2) is 0 Å². The second-order valence-corrected chi connectivity index (χ2v) is 3.92. The van der Waals surface area contributed by atoms with Crippen LogP contribution in [0.4, 0.5) is 23.2 Å². The molecule has 0 bridgehead atoms. The molecule has 0 amide bonds. The number of benzene rings is 1. The van der Waals surface area contributed by atoms with Gasteiger partial charge in [0.1, 0.15) is 5.75 Å². The molecule has 0 saturated carbocycles. The first-order chi connectivity index (χ1) is 9.42. The van der Waals surface area contributed by atoms with Crippen LogP contribution in [-0.4, -0.2) is 11.3 Å². The van der Waals surface area contributed by atoms with Crippen molar-refractivity contribution in [3.05, 3.63) is 54.1 Å². The van der Waals surface area contributed by atoms with E-state index in [1.54, 1.807) is 6.07 Å². The topological polar surface area (TPSA) is 34.1 Å². The summed E-state index contributed by atoms with van der Waals surface area (Å²) in [6.07, 6.45) is -3.42. The molecule has 1 N–H and O–H groups in total. The number of hydrogen-bond donors (Lipinski definition) is 1. The summed E-state index contributed by atoms with van der Waals surface area (Å²) in [6.45, 7) is 0.266. The molecule has 1 aromatic carbocycles. The number of aromatic nitrogens is 1. The molecule has 1 aromatic heterocycles.